The number of hydrogen-bond acceptors (Lipinski definition) is 19. The first-order chi connectivity index (χ1) is 29.0. The Morgan fingerprint density at radius 3 is 1.66 bits per heavy atom. The van der Waals surface area contributed by atoms with Gasteiger partial charge in [0.25, 0.3) is 0 Å². The number of aromatic hydroxyl groups is 5. The third-order valence-electron chi connectivity index (χ3n) is 10.7. The maximum Gasteiger partial charge on any atom is 0.229 e. The van der Waals surface area contributed by atoms with Gasteiger partial charge in [0.05, 0.1) is 25.6 Å². The molecule has 2 fully saturated rings. The lowest BCUT2D eigenvalue weighted by molar-refractivity contribution is -0.354. The van der Waals surface area contributed by atoms with Gasteiger partial charge in [0.2, 0.25) is 6.29 Å². The summed E-state index contributed by atoms with van der Waals surface area (Å²) < 4.78 is 34.2. The van der Waals surface area contributed by atoms with Gasteiger partial charge in [-0.1, -0.05) is 24.3 Å². The van der Waals surface area contributed by atoms with Crippen LogP contribution < -0.4 is 14.2 Å². The molecule has 4 aromatic carbocycles. The maximum atomic E-state index is 12.9. The number of aliphatic hydroxyl groups is 6. The third kappa shape index (κ3) is 9.01. The van der Waals surface area contributed by atoms with Crippen LogP contribution >= 0.6 is 0 Å². The number of Topliss-reactive ketones (excluding diaryl/α,β-unsaturated/α-hetero) is 2. The summed E-state index contributed by atoms with van der Waals surface area (Å²) in [6.45, 7) is 0.716. The van der Waals surface area contributed by atoms with Gasteiger partial charge in [-0.15, -0.1) is 0 Å². The molecule has 0 aliphatic carbocycles. The fourth-order valence-corrected chi connectivity index (χ4v) is 7.37. The minimum absolute atomic E-state index is 0.0149. The zero-order chi connectivity index (χ0) is 43.9. The van der Waals surface area contributed by atoms with Crippen LogP contribution in [0.2, 0.25) is 0 Å². The van der Waals surface area contributed by atoms with Crippen molar-refractivity contribution in [2.24, 2.45) is 0 Å². The van der Waals surface area contributed by atoms with Crippen LogP contribution in [0.15, 0.2) is 72.8 Å². The van der Waals surface area contributed by atoms with Crippen molar-refractivity contribution in [2.75, 3.05) is 6.61 Å². The molecule has 19 heteroatoms. The lowest BCUT2D eigenvalue weighted by atomic mass is 9.95. The van der Waals surface area contributed by atoms with Crippen LogP contribution in [0.4, 0.5) is 0 Å². The summed E-state index contributed by atoms with van der Waals surface area (Å²) >= 11 is 0. The Kier molecular flexibility index (Phi) is 12.6. The number of benzene rings is 4. The van der Waals surface area contributed by atoms with Gasteiger partial charge in [-0.25, -0.2) is 0 Å². The monoisotopic (exact) mass is 852 g/mol. The summed E-state index contributed by atoms with van der Waals surface area (Å²) in [7, 11) is 0. The largest absolute Gasteiger partial charge is 0.508 e. The number of phenolic OH excluding ortho intramolecular Hbond substituents is 5. The van der Waals surface area contributed by atoms with Gasteiger partial charge in [-0.2, -0.15) is 0 Å². The molecule has 12 atom stereocenters. The zero-order valence-corrected chi connectivity index (χ0v) is 32.2. The minimum Gasteiger partial charge on any atom is -0.508 e. The molecular formula is C42H44O19. The second kappa shape index (κ2) is 17.7. The van der Waals surface area contributed by atoms with E-state index in [0.29, 0.717) is 5.56 Å². The number of ketones is 2. The van der Waals surface area contributed by atoms with E-state index in [2.05, 4.69) is 0 Å². The Hall–Kier alpha value is -5.74. The SMILES string of the molecule is C[C@@H]1OC(OC2[C@H](Oc3cc(O)c4c(c3)O[C@H](c3ccc(O)cc3)CC4=O)OC(CO)[C@@H](O)[C@@H]2O)[C@H](O)C(O)[C@H]1O.O=C1C[C@@H](c2ccc(O)cc2)Oc2cc(O)cc(O)c21. The van der Waals surface area contributed by atoms with Crippen molar-refractivity contribution in [2.45, 2.75) is 93.4 Å². The molecule has 0 amide bonds. The van der Waals surface area contributed by atoms with Crippen LogP contribution in [-0.2, 0) is 14.2 Å². The molecular weight excluding hydrogens is 808 g/mol. The molecule has 0 aromatic heterocycles. The normalized spacial score (nSPS) is 30.7. The summed E-state index contributed by atoms with van der Waals surface area (Å²) in [5.41, 5.74) is 1.36. The van der Waals surface area contributed by atoms with Crippen LogP contribution in [-0.4, -0.2) is 136 Å². The van der Waals surface area contributed by atoms with Crippen molar-refractivity contribution < 1.29 is 94.2 Å². The van der Waals surface area contributed by atoms with Gasteiger partial charge in [0.15, 0.2) is 24.0 Å². The van der Waals surface area contributed by atoms with Gasteiger partial charge in [0.1, 0.15) is 106 Å². The summed E-state index contributed by atoms with van der Waals surface area (Å²) in [5, 5.41) is 110. The van der Waals surface area contributed by atoms with Crippen molar-refractivity contribution in [3.63, 3.8) is 0 Å². The van der Waals surface area contributed by atoms with E-state index in [-0.39, 0.29) is 70.0 Å². The first kappa shape index (κ1) is 43.4. The highest BCUT2D eigenvalue weighted by Gasteiger charge is 2.51. The quantitative estimate of drug-likeness (QED) is 0.125. The van der Waals surface area contributed by atoms with Crippen LogP contribution in [0.3, 0.4) is 0 Å². The number of phenols is 5. The lowest BCUT2D eigenvalue weighted by Crippen LogP contribution is -2.64. The average Bonchev–Trinajstić information content (AvgIpc) is 3.21. The fraction of sp³-hybridized carbons (Fsp3) is 0.381. The van der Waals surface area contributed by atoms with Crippen molar-refractivity contribution in [3.05, 3.63) is 95.1 Å². The number of ether oxygens (including phenoxy) is 6. The Morgan fingerprint density at radius 1 is 0.590 bits per heavy atom. The number of rotatable bonds is 7. The number of hydrogen-bond donors (Lipinski definition) is 11. The predicted molar refractivity (Wildman–Crippen MR) is 204 cm³/mol. The first-order valence-corrected chi connectivity index (χ1v) is 19.1. The molecule has 326 valence electrons. The average molecular weight is 853 g/mol. The molecule has 0 radical (unpaired) electrons. The summed E-state index contributed by atoms with van der Waals surface area (Å²) in [5.74, 6) is -1.35. The van der Waals surface area contributed by atoms with E-state index in [1.165, 1.54) is 43.3 Å². The van der Waals surface area contributed by atoms with Gasteiger partial charge >= 0.3 is 0 Å². The molecule has 4 aromatic rings. The van der Waals surface area contributed by atoms with Gasteiger partial charge in [-0.05, 0) is 42.3 Å². The summed E-state index contributed by atoms with van der Waals surface area (Å²) in [6.07, 6.45) is -16.4. The van der Waals surface area contributed by atoms with Gasteiger partial charge < -0.3 is 84.6 Å². The second-order valence-corrected chi connectivity index (χ2v) is 14.9. The van der Waals surface area contributed by atoms with E-state index < -0.39 is 91.8 Å². The second-order valence-electron chi connectivity index (χ2n) is 14.9. The molecule has 4 heterocycles. The molecule has 4 aliphatic rings. The number of fused-ring (bicyclic) bond motifs is 2. The van der Waals surface area contributed by atoms with Crippen LogP contribution in [0.25, 0.3) is 0 Å². The van der Waals surface area contributed by atoms with Crippen LogP contribution in [0.5, 0.6) is 46.0 Å². The highest BCUT2D eigenvalue weighted by Crippen LogP contribution is 2.44. The fourth-order valence-electron chi connectivity index (χ4n) is 7.37. The molecule has 4 aliphatic heterocycles. The Morgan fingerprint density at radius 2 is 1.11 bits per heavy atom. The van der Waals surface area contributed by atoms with E-state index in [1.807, 2.05) is 0 Å². The topological polar surface area (TPSA) is 312 Å². The van der Waals surface area contributed by atoms with Crippen molar-refractivity contribution >= 4 is 11.6 Å². The molecule has 8 rings (SSSR count). The van der Waals surface area contributed by atoms with E-state index in [0.717, 1.165) is 17.7 Å². The highest BCUT2D eigenvalue weighted by atomic mass is 16.8. The summed E-state index contributed by atoms with van der Waals surface area (Å²) in [4.78, 5) is 25.0. The van der Waals surface area contributed by atoms with Crippen LogP contribution in [0, 0.1) is 0 Å². The summed E-state index contributed by atoms with van der Waals surface area (Å²) in [6, 6.07) is 17.3. The number of aliphatic hydroxyl groups excluding tert-OH is 6. The van der Waals surface area contributed by atoms with Crippen LogP contribution in [0.1, 0.15) is 63.8 Å². The lowest BCUT2D eigenvalue weighted by Gasteiger charge is -2.45. The Balaban J connectivity index is 0.000000233. The molecule has 0 spiro atoms. The van der Waals surface area contributed by atoms with Gasteiger partial charge in [-0.3, -0.25) is 9.59 Å². The molecule has 19 nitrogen and oxygen atoms in total. The molecule has 2 saturated heterocycles. The zero-order valence-electron chi connectivity index (χ0n) is 32.2. The predicted octanol–water partition coefficient (Wildman–Crippen LogP) is 1.34. The number of carbonyl (C=O) groups excluding carboxylic acids is 2. The Labute approximate surface area is 346 Å². The smallest absolute Gasteiger partial charge is 0.229 e. The van der Waals surface area contributed by atoms with Crippen molar-refractivity contribution in [1.29, 1.82) is 0 Å². The van der Waals surface area contributed by atoms with E-state index >= 15 is 0 Å². The van der Waals surface area contributed by atoms with E-state index in [9.17, 15) is 65.8 Å². The van der Waals surface area contributed by atoms with Crippen molar-refractivity contribution in [3.8, 4) is 46.0 Å². The van der Waals surface area contributed by atoms with E-state index in [4.69, 9.17) is 28.4 Å². The Bertz CT molecular complexity index is 2210. The third-order valence-corrected chi connectivity index (χ3v) is 10.7. The molecule has 61 heavy (non-hydrogen) atoms. The molecule has 0 saturated carbocycles. The van der Waals surface area contributed by atoms with Crippen molar-refractivity contribution in [1.82, 2.24) is 0 Å². The molecule has 11 N–H and O–H groups in total. The number of carbonyl (C=O) groups is 2. The van der Waals surface area contributed by atoms with Gasteiger partial charge in [0, 0.05) is 24.3 Å². The standard InChI is InChI=1S/C27H32O14.C15H12O5/c1-10-20(32)22(34)24(36)26(37-10)41-25-23(35)21(33)18(9-28)40-27(25)38-13-6-14(30)19-15(31)8-16(39-17(19)7-13)11-2-4-12(29)5-3-11;16-9-3-1-8(2-4-9)13-7-12(19)15-11(18)5-10(17)6-14(15)20-13/h2-7,10,16,18,20-30,32-36H,8-9H2,1H3;1-6,13,16-18H,7H2/t10-,16-,18?,20-,21+,22?,23-,24+,25?,26?,27+;13-/m00/s1. The maximum absolute atomic E-state index is 12.9. The first-order valence-electron chi connectivity index (χ1n) is 19.1. The van der Waals surface area contributed by atoms with E-state index in [1.54, 1.807) is 24.3 Å². The molecule has 4 unspecified atom stereocenters. The molecule has 0 bridgehead atoms. The highest BCUT2D eigenvalue weighted by molar-refractivity contribution is 6.03. The minimum atomic E-state index is -1.75.